The van der Waals surface area contributed by atoms with Crippen molar-refractivity contribution >= 4 is 0 Å². The number of rotatable bonds is 3. The molecule has 2 rings (SSSR count). The summed E-state index contributed by atoms with van der Waals surface area (Å²) in [4.78, 5) is 24.6. The van der Waals surface area contributed by atoms with E-state index in [1.807, 2.05) is 0 Å². The van der Waals surface area contributed by atoms with E-state index in [9.17, 15) is 14.7 Å². The number of aliphatic hydroxyl groups is 3. The van der Waals surface area contributed by atoms with E-state index < -0.39 is 48.8 Å². The smallest absolute Gasteiger partial charge is 0.328 e. The lowest BCUT2D eigenvalue weighted by Crippen LogP contribution is -2.40. The van der Waals surface area contributed by atoms with Gasteiger partial charge in [0.15, 0.2) is 0 Å². The van der Waals surface area contributed by atoms with Crippen molar-refractivity contribution in [2.24, 2.45) is 0 Å². The first-order chi connectivity index (χ1) is 8.58. The summed E-state index contributed by atoms with van der Waals surface area (Å²) in [6, 6.07) is 0.283. The number of hydrogen-bond acceptors (Lipinski definition) is 6. The van der Waals surface area contributed by atoms with E-state index >= 15 is 0 Å². The van der Waals surface area contributed by atoms with Crippen molar-refractivity contribution < 1.29 is 20.1 Å². The molecule has 8 nitrogen and oxygen atoms in total. The number of aromatic amines is 1. The maximum atomic E-state index is 11.6. The minimum absolute atomic E-state index is 0.413. The van der Waals surface area contributed by atoms with E-state index in [0.29, 0.717) is 0 Å². The molecule has 1 saturated heterocycles. The van der Waals surface area contributed by atoms with Crippen LogP contribution in [-0.4, -0.2) is 56.4 Å². The second kappa shape index (κ2) is 5.02. The normalized spacial score (nSPS) is 31.7. The number of aromatic nitrogens is 2. The predicted octanol–water partition coefficient (Wildman–Crippen LogP) is -2.81. The van der Waals surface area contributed by atoms with Crippen LogP contribution in [0, 0.1) is 0 Å². The van der Waals surface area contributed by atoms with Crippen molar-refractivity contribution in [2.45, 2.75) is 24.4 Å². The van der Waals surface area contributed by atoms with Gasteiger partial charge in [0.1, 0.15) is 18.3 Å². The van der Waals surface area contributed by atoms with E-state index in [4.69, 9.17) is 14.9 Å². The second-order valence-corrected chi connectivity index (χ2v) is 4.08. The van der Waals surface area contributed by atoms with Gasteiger partial charge in [-0.3, -0.25) is 14.3 Å². The first kappa shape index (κ1) is 13.0. The van der Waals surface area contributed by atoms with E-state index in [1.54, 1.807) is 0 Å². The second-order valence-electron chi connectivity index (χ2n) is 4.08. The molecule has 1 aromatic heterocycles. The van der Waals surface area contributed by atoms with E-state index in [1.165, 1.54) is 6.20 Å². The molecule has 0 bridgehead atoms. The van der Waals surface area contributed by atoms with Crippen LogP contribution in [0.2, 0.25) is 0 Å². The number of hydrogen-bond donors (Lipinski definition) is 4. The molecule has 0 spiro atoms. The van der Waals surface area contributed by atoms with E-state index in [-0.39, 0.29) is 0 Å². The fraction of sp³-hybridized carbons (Fsp3) is 0.600. The highest BCUT2D eigenvalue weighted by Gasteiger charge is 2.44. The Morgan fingerprint density at radius 1 is 1.28 bits per heavy atom. The van der Waals surface area contributed by atoms with Crippen LogP contribution in [0.15, 0.2) is 21.9 Å². The van der Waals surface area contributed by atoms with Crippen molar-refractivity contribution in [1.29, 1.82) is 0 Å². The summed E-state index contributed by atoms with van der Waals surface area (Å²) in [5.41, 5.74) is -1.25. The molecule has 1 aromatic rings. The maximum Gasteiger partial charge on any atom is 0.328 e. The fourth-order valence-electron chi connectivity index (χ4n) is 2.13. The molecule has 0 saturated carbocycles. The third kappa shape index (κ3) is 2.10. The van der Waals surface area contributed by atoms with Crippen molar-refractivity contribution in [3.63, 3.8) is 0 Å². The Hall–Kier alpha value is -1.48. The van der Waals surface area contributed by atoms with Crippen LogP contribution in [0.3, 0.4) is 0 Å². The van der Waals surface area contributed by atoms with Gasteiger partial charge in [-0.25, -0.2) is 4.79 Å². The molecule has 0 unspecified atom stereocenters. The quantitative estimate of drug-likeness (QED) is 0.464. The largest absolute Gasteiger partial charge is 0.394 e. The Balaban J connectivity index is 2.41. The van der Waals surface area contributed by atoms with Crippen LogP contribution < -0.4 is 11.2 Å². The SMILES string of the molecule is O=c1ccn([C@@H]2[C@@H](O)[C@H](CO)O[C@H]2CO)c(=O)[nH]1. The Morgan fingerprint density at radius 3 is 2.50 bits per heavy atom. The van der Waals surface area contributed by atoms with E-state index in [2.05, 4.69) is 4.98 Å². The zero-order chi connectivity index (χ0) is 13.3. The highest BCUT2D eigenvalue weighted by atomic mass is 16.5. The van der Waals surface area contributed by atoms with Gasteiger partial charge >= 0.3 is 5.69 Å². The lowest BCUT2D eigenvalue weighted by atomic mass is 10.1. The van der Waals surface area contributed by atoms with Gasteiger partial charge in [0.2, 0.25) is 0 Å². The van der Waals surface area contributed by atoms with E-state index in [0.717, 1.165) is 10.6 Å². The number of nitrogens with one attached hydrogen (secondary N) is 1. The van der Waals surface area contributed by atoms with Crippen molar-refractivity contribution in [3.8, 4) is 0 Å². The van der Waals surface area contributed by atoms with Crippen molar-refractivity contribution in [1.82, 2.24) is 9.55 Å². The molecular formula is C10H14N2O6. The zero-order valence-corrected chi connectivity index (χ0v) is 9.39. The molecule has 1 aliphatic heterocycles. The van der Waals surface area contributed by atoms with Crippen LogP contribution >= 0.6 is 0 Å². The molecule has 2 heterocycles. The summed E-state index contributed by atoms with van der Waals surface area (Å²) in [5, 5.41) is 28.1. The first-order valence-corrected chi connectivity index (χ1v) is 5.45. The third-order valence-corrected chi connectivity index (χ3v) is 2.99. The summed E-state index contributed by atoms with van der Waals surface area (Å²) in [5.74, 6) is 0. The standard InChI is InChI=1S/C10H14N2O6/c13-3-5-8(9(16)6(4-14)18-5)12-2-1-7(15)11-10(12)17/h1-2,5-6,8-9,13-14,16H,3-4H2,(H,11,15,17)/t5-,6-,8-,9-/m0/s1. The van der Waals surface area contributed by atoms with Gasteiger partial charge in [0.25, 0.3) is 5.56 Å². The number of aliphatic hydroxyl groups excluding tert-OH is 3. The highest BCUT2D eigenvalue weighted by Crippen LogP contribution is 2.29. The monoisotopic (exact) mass is 258 g/mol. The van der Waals surface area contributed by atoms with Crippen LogP contribution in [0.4, 0.5) is 0 Å². The Labute approximate surface area is 101 Å². The maximum absolute atomic E-state index is 11.6. The van der Waals surface area contributed by atoms with Crippen molar-refractivity contribution in [3.05, 3.63) is 33.1 Å². The summed E-state index contributed by atoms with van der Waals surface area (Å²) < 4.78 is 6.31. The molecule has 0 amide bonds. The zero-order valence-electron chi connectivity index (χ0n) is 9.39. The van der Waals surface area contributed by atoms with Gasteiger partial charge in [-0.2, -0.15) is 0 Å². The molecule has 8 heteroatoms. The van der Waals surface area contributed by atoms with Gasteiger partial charge in [-0.05, 0) is 0 Å². The van der Waals surface area contributed by atoms with Crippen LogP contribution in [0.5, 0.6) is 0 Å². The molecule has 1 aliphatic rings. The molecular weight excluding hydrogens is 244 g/mol. The molecule has 0 aromatic carbocycles. The van der Waals surface area contributed by atoms with Crippen LogP contribution in [-0.2, 0) is 4.74 Å². The number of H-pyrrole nitrogens is 1. The van der Waals surface area contributed by atoms with Crippen molar-refractivity contribution in [2.75, 3.05) is 13.2 Å². The topological polar surface area (TPSA) is 125 Å². The van der Waals surface area contributed by atoms with Crippen LogP contribution in [0.1, 0.15) is 6.04 Å². The van der Waals surface area contributed by atoms with Gasteiger partial charge in [-0.1, -0.05) is 0 Å². The molecule has 4 N–H and O–H groups in total. The highest BCUT2D eigenvalue weighted by molar-refractivity contribution is 4.97. The van der Waals surface area contributed by atoms with Gasteiger partial charge < -0.3 is 20.1 Å². The summed E-state index contributed by atoms with van der Waals surface area (Å²) in [6.45, 7) is -0.837. The average Bonchev–Trinajstić information content (AvgIpc) is 2.66. The molecule has 0 radical (unpaired) electrons. The Bertz CT molecular complexity index is 522. The third-order valence-electron chi connectivity index (χ3n) is 2.99. The molecule has 0 aliphatic carbocycles. The number of nitrogens with zero attached hydrogens (tertiary/aromatic N) is 1. The minimum atomic E-state index is -1.14. The number of ether oxygens (including phenoxy) is 1. The Morgan fingerprint density at radius 2 is 1.94 bits per heavy atom. The summed E-state index contributed by atoms with van der Waals surface area (Å²) in [6.07, 6.45) is -1.61. The van der Waals surface area contributed by atoms with Gasteiger partial charge in [-0.15, -0.1) is 0 Å². The minimum Gasteiger partial charge on any atom is -0.394 e. The van der Waals surface area contributed by atoms with Gasteiger partial charge in [0.05, 0.1) is 19.3 Å². The lowest BCUT2D eigenvalue weighted by molar-refractivity contribution is -0.0362. The summed E-state index contributed by atoms with van der Waals surface area (Å²) >= 11 is 0. The predicted molar refractivity (Wildman–Crippen MR) is 59.2 cm³/mol. The molecule has 100 valence electrons. The molecule has 1 fully saturated rings. The average molecular weight is 258 g/mol. The molecule has 4 atom stereocenters. The first-order valence-electron chi connectivity index (χ1n) is 5.45. The summed E-state index contributed by atoms with van der Waals surface area (Å²) in [7, 11) is 0. The van der Waals surface area contributed by atoms with Crippen LogP contribution in [0.25, 0.3) is 0 Å². The Kier molecular flexibility index (Phi) is 3.62. The fourth-order valence-corrected chi connectivity index (χ4v) is 2.13. The lowest BCUT2D eigenvalue weighted by Gasteiger charge is -2.20. The molecule has 18 heavy (non-hydrogen) atoms. The van der Waals surface area contributed by atoms with Gasteiger partial charge in [0, 0.05) is 12.3 Å².